The first-order valence-corrected chi connectivity index (χ1v) is 13.5. The second-order valence-corrected chi connectivity index (χ2v) is 11.7. The molecular weight excluding hydrogens is 522 g/mol. The first kappa shape index (κ1) is 34.7. The third kappa shape index (κ3) is 12.2. The van der Waals surface area contributed by atoms with Crippen LogP contribution in [0.25, 0.3) is 0 Å². The molecule has 1 aromatic carbocycles. The van der Waals surface area contributed by atoms with Gasteiger partial charge in [-0.05, 0) is 72.6 Å². The van der Waals surface area contributed by atoms with E-state index in [4.69, 9.17) is 29.4 Å². The van der Waals surface area contributed by atoms with Crippen LogP contribution in [-0.2, 0) is 23.8 Å². The monoisotopic (exact) mass is 567 g/mol. The zero-order chi connectivity index (χ0) is 30.8. The summed E-state index contributed by atoms with van der Waals surface area (Å²) in [6, 6.07) is 2.79. The van der Waals surface area contributed by atoms with Crippen LogP contribution in [0.15, 0.2) is 18.2 Å². The fraction of sp³-hybridized carbons (Fsp3) is 0.655. The summed E-state index contributed by atoms with van der Waals surface area (Å²) in [5.74, 6) is -3.47. The predicted octanol–water partition coefficient (Wildman–Crippen LogP) is 5.96. The van der Waals surface area contributed by atoms with Crippen molar-refractivity contribution in [3.63, 3.8) is 0 Å². The van der Waals surface area contributed by atoms with Gasteiger partial charge in [0.05, 0.1) is 0 Å². The SMILES string of the molecule is CCCCCC(=O)OC(C)C(C)C(c1ccc(OC(=O)OC(C)(C)C)c(OC(=O)OC(C)(C)C)c1)[C@H](N)C(=O)O. The summed E-state index contributed by atoms with van der Waals surface area (Å²) in [4.78, 5) is 49.1. The van der Waals surface area contributed by atoms with Gasteiger partial charge in [-0.25, -0.2) is 9.59 Å². The molecule has 0 saturated heterocycles. The third-order valence-electron chi connectivity index (χ3n) is 5.80. The number of rotatable bonds is 12. The van der Waals surface area contributed by atoms with E-state index >= 15 is 0 Å². The summed E-state index contributed by atoms with van der Waals surface area (Å²) in [5.41, 5.74) is 4.74. The first-order chi connectivity index (χ1) is 18.3. The van der Waals surface area contributed by atoms with Crippen LogP contribution >= 0.6 is 0 Å². The van der Waals surface area contributed by atoms with E-state index in [2.05, 4.69) is 0 Å². The van der Waals surface area contributed by atoms with Crippen LogP contribution in [0.4, 0.5) is 9.59 Å². The maximum atomic E-state index is 12.5. The summed E-state index contributed by atoms with van der Waals surface area (Å²) in [6.45, 7) is 15.3. The van der Waals surface area contributed by atoms with Crippen molar-refractivity contribution >= 4 is 24.2 Å². The van der Waals surface area contributed by atoms with E-state index in [1.165, 1.54) is 18.2 Å². The molecule has 0 aromatic heterocycles. The minimum absolute atomic E-state index is 0.158. The predicted molar refractivity (Wildman–Crippen MR) is 147 cm³/mol. The van der Waals surface area contributed by atoms with Crippen molar-refractivity contribution in [2.75, 3.05) is 0 Å². The standard InChI is InChI=1S/C29H45NO10/c1-10-11-12-13-22(31)36-18(3)17(2)23(24(30)25(32)33)19-14-15-20(37-26(34)39-28(4,5)6)21(16-19)38-27(35)40-29(7,8)9/h14-18,23-24H,10-13,30H2,1-9H3,(H,32,33)/t17?,18?,23?,24-/m0/s1. The Balaban J connectivity index is 3.43. The van der Waals surface area contributed by atoms with Crippen LogP contribution in [0.5, 0.6) is 11.5 Å². The summed E-state index contributed by atoms with van der Waals surface area (Å²) < 4.78 is 26.7. The number of carbonyl (C=O) groups excluding carboxylic acids is 3. The Morgan fingerprint density at radius 2 is 1.40 bits per heavy atom. The van der Waals surface area contributed by atoms with E-state index in [-0.39, 0.29) is 23.9 Å². The molecule has 4 atom stereocenters. The molecule has 40 heavy (non-hydrogen) atoms. The smallest absolute Gasteiger partial charge is 0.480 e. The van der Waals surface area contributed by atoms with Gasteiger partial charge in [-0.1, -0.05) is 32.8 Å². The number of carbonyl (C=O) groups is 4. The average molecular weight is 568 g/mol. The fourth-order valence-electron chi connectivity index (χ4n) is 3.79. The van der Waals surface area contributed by atoms with Crippen LogP contribution in [0.3, 0.4) is 0 Å². The van der Waals surface area contributed by atoms with Gasteiger partial charge in [0.15, 0.2) is 11.5 Å². The highest BCUT2D eigenvalue weighted by atomic mass is 16.8. The number of aliphatic carboxylic acids is 1. The topological polar surface area (TPSA) is 161 Å². The number of esters is 1. The van der Waals surface area contributed by atoms with Gasteiger partial charge in [0.25, 0.3) is 0 Å². The lowest BCUT2D eigenvalue weighted by atomic mass is 9.79. The van der Waals surface area contributed by atoms with Gasteiger partial charge in [-0.15, -0.1) is 0 Å². The molecule has 3 unspecified atom stereocenters. The molecule has 1 aromatic rings. The highest BCUT2D eigenvalue weighted by molar-refractivity contribution is 5.75. The number of carboxylic acids is 1. The van der Waals surface area contributed by atoms with Gasteiger partial charge < -0.3 is 34.5 Å². The van der Waals surface area contributed by atoms with Crippen LogP contribution < -0.4 is 15.2 Å². The van der Waals surface area contributed by atoms with Crippen molar-refractivity contribution in [2.45, 2.75) is 117 Å². The molecule has 0 aliphatic heterocycles. The summed E-state index contributed by atoms with van der Waals surface area (Å²) in [7, 11) is 0. The number of unbranched alkanes of at least 4 members (excludes halogenated alkanes) is 2. The number of hydrogen-bond acceptors (Lipinski definition) is 10. The minimum Gasteiger partial charge on any atom is -0.480 e. The molecule has 11 heteroatoms. The lowest BCUT2D eigenvalue weighted by Gasteiger charge is -2.32. The van der Waals surface area contributed by atoms with E-state index in [1.54, 1.807) is 55.4 Å². The lowest BCUT2D eigenvalue weighted by molar-refractivity contribution is -0.151. The Morgan fingerprint density at radius 1 is 0.875 bits per heavy atom. The molecule has 0 saturated carbocycles. The van der Waals surface area contributed by atoms with Gasteiger partial charge in [-0.2, -0.15) is 0 Å². The molecule has 0 fully saturated rings. The molecule has 1 rings (SSSR count). The lowest BCUT2D eigenvalue weighted by Crippen LogP contribution is -2.42. The minimum atomic E-state index is -1.40. The van der Waals surface area contributed by atoms with Crippen molar-refractivity contribution in [3.05, 3.63) is 23.8 Å². The number of hydrogen-bond donors (Lipinski definition) is 2. The Morgan fingerprint density at radius 3 is 1.88 bits per heavy atom. The highest BCUT2D eigenvalue weighted by Gasteiger charge is 2.36. The number of carboxylic acid groups (broad SMARTS) is 1. The molecule has 0 heterocycles. The Bertz CT molecular complexity index is 1020. The quantitative estimate of drug-likeness (QED) is 0.133. The van der Waals surface area contributed by atoms with Crippen LogP contribution in [-0.4, -0.2) is 52.7 Å². The fourth-order valence-corrected chi connectivity index (χ4v) is 3.79. The molecule has 0 aliphatic rings. The zero-order valence-electron chi connectivity index (χ0n) is 25.1. The number of nitrogens with two attached hydrogens (primary N) is 1. The summed E-state index contributed by atoms with van der Waals surface area (Å²) in [6.07, 6.45) is 0.00637. The van der Waals surface area contributed by atoms with Gasteiger partial charge in [-0.3, -0.25) is 9.59 Å². The van der Waals surface area contributed by atoms with Crippen molar-refractivity contribution < 1.29 is 48.0 Å². The normalized spacial score (nSPS) is 14.8. The third-order valence-corrected chi connectivity index (χ3v) is 5.80. The van der Waals surface area contributed by atoms with Crippen LogP contribution in [0, 0.1) is 5.92 Å². The van der Waals surface area contributed by atoms with Crippen molar-refractivity contribution in [2.24, 2.45) is 11.7 Å². The highest BCUT2D eigenvalue weighted by Crippen LogP contribution is 2.37. The molecule has 226 valence electrons. The second-order valence-electron chi connectivity index (χ2n) is 11.7. The van der Waals surface area contributed by atoms with Gasteiger partial charge in [0.2, 0.25) is 0 Å². The van der Waals surface area contributed by atoms with Crippen molar-refractivity contribution in [3.8, 4) is 11.5 Å². The molecular formula is C29H45NO10. The van der Waals surface area contributed by atoms with Crippen LogP contribution in [0.1, 0.15) is 99.5 Å². The Labute approximate surface area is 236 Å². The molecule has 11 nitrogen and oxygen atoms in total. The largest absolute Gasteiger partial charge is 0.514 e. The van der Waals surface area contributed by atoms with E-state index in [9.17, 15) is 24.3 Å². The molecule has 3 N–H and O–H groups in total. The van der Waals surface area contributed by atoms with E-state index < -0.39 is 53.5 Å². The van der Waals surface area contributed by atoms with E-state index in [0.29, 0.717) is 12.0 Å². The first-order valence-electron chi connectivity index (χ1n) is 13.5. The summed E-state index contributed by atoms with van der Waals surface area (Å²) >= 11 is 0. The van der Waals surface area contributed by atoms with E-state index in [0.717, 1.165) is 12.8 Å². The van der Waals surface area contributed by atoms with Gasteiger partial charge in [0, 0.05) is 18.3 Å². The van der Waals surface area contributed by atoms with Gasteiger partial charge in [0.1, 0.15) is 23.3 Å². The van der Waals surface area contributed by atoms with Crippen molar-refractivity contribution in [1.29, 1.82) is 0 Å². The van der Waals surface area contributed by atoms with E-state index in [1.807, 2.05) is 6.92 Å². The molecule has 0 spiro atoms. The van der Waals surface area contributed by atoms with Gasteiger partial charge >= 0.3 is 24.2 Å². The van der Waals surface area contributed by atoms with Crippen LogP contribution in [0.2, 0.25) is 0 Å². The molecule has 0 aliphatic carbocycles. The Kier molecular flexibility index (Phi) is 12.9. The Hall–Kier alpha value is -3.34. The summed E-state index contributed by atoms with van der Waals surface area (Å²) in [5, 5.41) is 9.77. The number of ether oxygens (including phenoxy) is 5. The molecule has 0 amide bonds. The zero-order valence-corrected chi connectivity index (χ0v) is 25.1. The molecule has 0 bridgehead atoms. The maximum Gasteiger partial charge on any atom is 0.514 e. The molecule has 0 radical (unpaired) electrons. The van der Waals surface area contributed by atoms with Crippen molar-refractivity contribution in [1.82, 2.24) is 0 Å². The average Bonchev–Trinajstić information content (AvgIpc) is 2.78. The number of benzene rings is 1. The second kappa shape index (κ2) is 14.9. The maximum absolute atomic E-state index is 12.5.